The third-order valence-electron chi connectivity index (χ3n) is 1.81. The number of ether oxygens (including phenoxy) is 3. The molecule has 4 nitrogen and oxygen atoms in total. The molecule has 0 unspecified atom stereocenters. The minimum absolute atomic E-state index is 0.272. The van der Waals surface area contributed by atoms with Gasteiger partial charge in [-0.15, -0.1) is 0 Å². The van der Waals surface area contributed by atoms with E-state index in [1.807, 2.05) is 13.8 Å². The van der Waals surface area contributed by atoms with E-state index < -0.39 is 8.32 Å². The fraction of sp³-hybridized carbons (Fsp3) is 1.00. The van der Waals surface area contributed by atoms with E-state index in [9.17, 15) is 0 Å². The molecule has 5 heteroatoms. The number of hydrogen-bond donors (Lipinski definition) is 0. The van der Waals surface area contributed by atoms with Crippen LogP contribution in [-0.2, 0) is 18.6 Å². The van der Waals surface area contributed by atoms with Crippen molar-refractivity contribution in [2.75, 3.05) is 39.6 Å². The molecular weight excluding hydrogens is 236 g/mol. The van der Waals surface area contributed by atoms with Crippen LogP contribution in [0.3, 0.4) is 0 Å². The quantitative estimate of drug-likeness (QED) is 0.424. The molecule has 0 spiro atoms. The molecule has 0 saturated heterocycles. The zero-order valence-electron chi connectivity index (χ0n) is 12.0. The third kappa shape index (κ3) is 16.1. The molecule has 0 bridgehead atoms. The van der Waals surface area contributed by atoms with Gasteiger partial charge in [-0.2, -0.15) is 0 Å². The Hall–Kier alpha value is 0.0569. The summed E-state index contributed by atoms with van der Waals surface area (Å²) in [6.45, 7) is 14.4. The monoisotopic (exact) mass is 264 g/mol. The molecule has 0 amide bonds. The predicted octanol–water partition coefficient (Wildman–Crippen LogP) is 2.30. The lowest BCUT2D eigenvalue weighted by atomic mass is 10.5. The van der Waals surface area contributed by atoms with Crippen LogP contribution in [0.2, 0.25) is 19.6 Å². The SMILES string of the molecule is CC(C)OCCOCCOCCO[Si](C)(C)C. The average molecular weight is 264 g/mol. The third-order valence-corrected chi connectivity index (χ3v) is 2.88. The summed E-state index contributed by atoms with van der Waals surface area (Å²) in [7, 11) is -1.38. The first-order chi connectivity index (χ1) is 7.92. The molecule has 0 aliphatic heterocycles. The van der Waals surface area contributed by atoms with Crippen LogP contribution in [0.1, 0.15) is 13.8 Å². The summed E-state index contributed by atoms with van der Waals surface area (Å²) in [5.74, 6) is 0. The molecule has 0 atom stereocenters. The maximum absolute atomic E-state index is 5.65. The lowest BCUT2D eigenvalue weighted by Gasteiger charge is -2.16. The Kier molecular flexibility index (Phi) is 10.1. The molecule has 0 rings (SSSR count). The van der Waals surface area contributed by atoms with E-state index in [-0.39, 0.29) is 6.10 Å². The molecule has 17 heavy (non-hydrogen) atoms. The minimum Gasteiger partial charge on any atom is -0.415 e. The molecule has 0 aliphatic carbocycles. The molecule has 0 radical (unpaired) electrons. The zero-order valence-corrected chi connectivity index (χ0v) is 13.0. The van der Waals surface area contributed by atoms with Crippen molar-refractivity contribution < 1.29 is 18.6 Å². The van der Waals surface area contributed by atoms with Crippen molar-refractivity contribution in [2.45, 2.75) is 39.6 Å². The van der Waals surface area contributed by atoms with Gasteiger partial charge in [0, 0.05) is 0 Å². The fourth-order valence-corrected chi connectivity index (χ4v) is 1.77. The fourth-order valence-electron chi connectivity index (χ4n) is 1.07. The highest BCUT2D eigenvalue weighted by Crippen LogP contribution is 2.01. The average Bonchev–Trinajstić information content (AvgIpc) is 2.18. The van der Waals surface area contributed by atoms with Gasteiger partial charge >= 0.3 is 0 Å². The summed E-state index contributed by atoms with van der Waals surface area (Å²) in [4.78, 5) is 0. The van der Waals surface area contributed by atoms with E-state index in [0.717, 1.165) is 0 Å². The second kappa shape index (κ2) is 10.0. The molecule has 0 aliphatic rings. The normalized spacial score (nSPS) is 12.4. The van der Waals surface area contributed by atoms with Crippen molar-refractivity contribution in [3.8, 4) is 0 Å². The summed E-state index contributed by atoms with van der Waals surface area (Å²) < 4.78 is 21.7. The molecule has 104 valence electrons. The van der Waals surface area contributed by atoms with Crippen molar-refractivity contribution in [1.82, 2.24) is 0 Å². The van der Waals surface area contributed by atoms with E-state index >= 15 is 0 Å². The molecule has 0 aromatic heterocycles. The van der Waals surface area contributed by atoms with E-state index in [4.69, 9.17) is 18.6 Å². The highest BCUT2D eigenvalue weighted by Gasteiger charge is 2.12. The van der Waals surface area contributed by atoms with E-state index in [1.165, 1.54) is 0 Å². The van der Waals surface area contributed by atoms with Crippen LogP contribution in [0, 0.1) is 0 Å². The van der Waals surface area contributed by atoms with Crippen LogP contribution >= 0.6 is 0 Å². The van der Waals surface area contributed by atoms with Crippen LogP contribution in [0.5, 0.6) is 0 Å². The lowest BCUT2D eigenvalue weighted by Crippen LogP contribution is -2.27. The zero-order chi connectivity index (χ0) is 13.1. The number of rotatable bonds is 11. The van der Waals surface area contributed by atoms with Crippen molar-refractivity contribution in [3.05, 3.63) is 0 Å². The Morgan fingerprint density at radius 2 is 1.24 bits per heavy atom. The first-order valence-corrected chi connectivity index (χ1v) is 9.73. The Labute approximate surface area is 107 Å². The molecular formula is C12H28O4Si. The topological polar surface area (TPSA) is 36.9 Å². The van der Waals surface area contributed by atoms with Gasteiger partial charge in [-0.05, 0) is 33.5 Å². The van der Waals surface area contributed by atoms with Gasteiger partial charge in [-0.1, -0.05) is 0 Å². The molecule has 0 heterocycles. The lowest BCUT2D eigenvalue weighted by molar-refractivity contribution is -0.00495. The molecule has 0 aromatic carbocycles. The summed E-state index contributed by atoms with van der Waals surface area (Å²) in [6.07, 6.45) is 0.272. The van der Waals surface area contributed by atoms with Crippen LogP contribution in [0.4, 0.5) is 0 Å². The van der Waals surface area contributed by atoms with Crippen LogP contribution in [0.25, 0.3) is 0 Å². The molecule has 0 aromatic rings. The first kappa shape index (κ1) is 17.1. The van der Waals surface area contributed by atoms with Crippen LogP contribution in [-0.4, -0.2) is 54.1 Å². The smallest absolute Gasteiger partial charge is 0.183 e. The Morgan fingerprint density at radius 1 is 0.765 bits per heavy atom. The van der Waals surface area contributed by atoms with Crippen LogP contribution < -0.4 is 0 Å². The van der Waals surface area contributed by atoms with Crippen molar-refractivity contribution in [2.24, 2.45) is 0 Å². The van der Waals surface area contributed by atoms with Crippen LogP contribution in [0.15, 0.2) is 0 Å². The maximum Gasteiger partial charge on any atom is 0.183 e. The van der Waals surface area contributed by atoms with E-state index in [0.29, 0.717) is 39.6 Å². The van der Waals surface area contributed by atoms with E-state index in [2.05, 4.69) is 19.6 Å². The summed E-state index contributed by atoms with van der Waals surface area (Å²) in [5, 5.41) is 0. The summed E-state index contributed by atoms with van der Waals surface area (Å²) in [5.41, 5.74) is 0. The van der Waals surface area contributed by atoms with Gasteiger partial charge < -0.3 is 18.6 Å². The minimum atomic E-state index is -1.38. The Balaban J connectivity index is 3.04. The Bertz CT molecular complexity index is 168. The van der Waals surface area contributed by atoms with Crippen molar-refractivity contribution in [1.29, 1.82) is 0 Å². The van der Waals surface area contributed by atoms with Crippen molar-refractivity contribution >= 4 is 8.32 Å². The standard InChI is InChI=1S/C12H28O4Si/c1-12(2)15-10-8-13-6-7-14-9-11-16-17(3,4)5/h12H,6-11H2,1-5H3. The predicted molar refractivity (Wildman–Crippen MR) is 72.0 cm³/mol. The van der Waals surface area contributed by atoms with Gasteiger partial charge in [0.05, 0.1) is 45.7 Å². The second-order valence-corrected chi connectivity index (χ2v) is 9.62. The summed E-state index contributed by atoms with van der Waals surface area (Å²) >= 11 is 0. The van der Waals surface area contributed by atoms with Gasteiger partial charge in [0.15, 0.2) is 8.32 Å². The second-order valence-electron chi connectivity index (χ2n) is 5.11. The molecule has 0 saturated carbocycles. The van der Waals surface area contributed by atoms with Gasteiger partial charge in [-0.3, -0.25) is 0 Å². The largest absolute Gasteiger partial charge is 0.415 e. The first-order valence-electron chi connectivity index (χ1n) is 6.33. The van der Waals surface area contributed by atoms with Crippen molar-refractivity contribution in [3.63, 3.8) is 0 Å². The van der Waals surface area contributed by atoms with Gasteiger partial charge in [0.25, 0.3) is 0 Å². The van der Waals surface area contributed by atoms with Gasteiger partial charge in [0.2, 0.25) is 0 Å². The van der Waals surface area contributed by atoms with Gasteiger partial charge in [-0.25, -0.2) is 0 Å². The summed E-state index contributed by atoms with van der Waals surface area (Å²) in [6, 6.07) is 0. The number of hydrogen-bond acceptors (Lipinski definition) is 4. The highest BCUT2D eigenvalue weighted by molar-refractivity contribution is 6.69. The van der Waals surface area contributed by atoms with Gasteiger partial charge in [0.1, 0.15) is 0 Å². The highest BCUT2D eigenvalue weighted by atomic mass is 28.4. The maximum atomic E-state index is 5.65. The molecule has 0 N–H and O–H groups in total. The van der Waals surface area contributed by atoms with E-state index in [1.54, 1.807) is 0 Å². The Morgan fingerprint density at radius 3 is 1.71 bits per heavy atom. The molecule has 0 fully saturated rings.